The normalized spacial score (nSPS) is 12.2. The minimum absolute atomic E-state index is 0.0663. The second kappa shape index (κ2) is 12.1. The van der Waals surface area contributed by atoms with Gasteiger partial charge in [0.05, 0.1) is 16.5 Å². The number of amides is 2. The molecule has 1 N–H and O–H groups in total. The van der Waals surface area contributed by atoms with Gasteiger partial charge in [0.15, 0.2) is 0 Å². The zero-order chi connectivity index (χ0) is 26.5. The second-order valence-corrected chi connectivity index (χ2v) is 10.8. The van der Waals surface area contributed by atoms with E-state index in [1.165, 1.54) is 23.1 Å². The van der Waals surface area contributed by atoms with Crippen LogP contribution in [0.1, 0.15) is 37.5 Å². The molecule has 4 nitrogen and oxygen atoms in total. The van der Waals surface area contributed by atoms with Gasteiger partial charge in [-0.25, -0.2) is 4.39 Å². The predicted octanol–water partition coefficient (Wildman–Crippen LogP) is 6.88. The lowest BCUT2D eigenvalue weighted by Gasteiger charge is -2.34. The van der Waals surface area contributed by atoms with Gasteiger partial charge in [-0.15, -0.1) is 0 Å². The van der Waals surface area contributed by atoms with E-state index in [0.717, 1.165) is 5.56 Å². The van der Waals surface area contributed by atoms with E-state index >= 15 is 0 Å². The van der Waals surface area contributed by atoms with Crippen LogP contribution in [-0.4, -0.2) is 28.3 Å². The Labute approximate surface area is 226 Å². The highest BCUT2D eigenvalue weighted by Crippen LogP contribution is 2.26. The summed E-state index contributed by atoms with van der Waals surface area (Å²) in [6.45, 7) is 5.68. The second-order valence-electron chi connectivity index (χ2n) is 9.59. The maximum Gasteiger partial charge on any atom is 0.243 e. The first kappa shape index (κ1) is 28.0. The Hall–Kier alpha value is -2.60. The van der Waals surface area contributed by atoms with Crippen molar-refractivity contribution in [3.63, 3.8) is 0 Å². The van der Waals surface area contributed by atoms with Gasteiger partial charge in [-0.05, 0) is 56.2 Å². The molecule has 0 spiro atoms. The molecule has 190 valence electrons. The minimum Gasteiger partial charge on any atom is -0.350 e. The number of carbonyl (C=O) groups is 2. The van der Waals surface area contributed by atoms with Crippen molar-refractivity contribution in [1.29, 1.82) is 0 Å². The van der Waals surface area contributed by atoms with Crippen LogP contribution >= 0.6 is 34.8 Å². The Morgan fingerprint density at radius 1 is 0.889 bits per heavy atom. The molecule has 2 amide bonds. The van der Waals surface area contributed by atoms with Crippen LogP contribution in [0.5, 0.6) is 0 Å². The van der Waals surface area contributed by atoms with Crippen LogP contribution in [0.3, 0.4) is 0 Å². The third-order valence-corrected chi connectivity index (χ3v) is 6.59. The molecule has 3 rings (SSSR count). The molecule has 0 saturated carbocycles. The highest BCUT2D eigenvalue weighted by molar-refractivity contribution is 6.42. The lowest BCUT2D eigenvalue weighted by atomic mass is 9.99. The van der Waals surface area contributed by atoms with Gasteiger partial charge in [-0.1, -0.05) is 77.3 Å². The van der Waals surface area contributed by atoms with Crippen molar-refractivity contribution in [2.75, 3.05) is 0 Å². The molecule has 36 heavy (non-hydrogen) atoms. The van der Waals surface area contributed by atoms with E-state index in [2.05, 4.69) is 5.32 Å². The molecule has 0 aliphatic rings. The fourth-order valence-corrected chi connectivity index (χ4v) is 4.35. The molecule has 3 aromatic rings. The summed E-state index contributed by atoms with van der Waals surface area (Å²) in [6.07, 6.45) is -0.0399. The minimum atomic E-state index is -0.876. The molecular weight excluding hydrogens is 522 g/mol. The molecule has 8 heteroatoms. The third-order valence-electron chi connectivity index (χ3n) is 5.50. The summed E-state index contributed by atoms with van der Waals surface area (Å²) in [7, 11) is 0. The van der Waals surface area contributed by atoms with E-state index in [1.54, 1.807) is 18.2 Å². The molecule has 0 saturated heterocycles. The summed E-state index contributed by atoms with van der Waals surface area (Å²) < 4.78 is 14.6. The molecule has 0 aliphatic heterocycles. The number of benzene rings is 3. The first-order chi connectivity index (χ1) is 16.9. The van der Waals surface area contributed by atoms with Gasteiger partial charge in [0.1, 0.15) is 11.9 Å². The fraction of sp³-hybridized carbons (Fsp3) is 0.286. The van der Waals surface area contributed by atoms with Crippen LogP contribution in [0.15, 0.2) is 66.7 Å². The Kier molecular flexibility index (Phi) is 9.40. The van der Waals surface area contributed by atoms with Gasteiger partial charge < -0.3 is 10.2 Å². The van der Waals surface area contributed by atoms with Gasteiger partial charge in [-0.2, -0.15) is 0 Å². The Balaban J connectivity index is 2.05. The van der Waals surface area contributed by atoms with Crippen LogP contribution in [-0.2, 0) is 29.0 Å². The molecule has 0 aromatic heterocycles. The van der Waals surface area contributed by atoms with Crippen LogP contribution < -0.4 is 5.32 Å². The summed E-state index contributed by atoms with van der Waals surface area (Å²) in [6, 6.07) is 17.8. The van der Waals surface area contributed by atoms with Crippen molar-refractivity contribution in [3.8, 4) is 0 Å². The van der Waals surface area contributed by atoms with Crippen molar-refractivity contribution in [2.24, 2.45) is 0 Å². The molecule has 0 radical (unpaired) electrons. The summed E-state index contributed by atoms with van der Waals surface area (Å²) in [5.41, 5.74) is 1.11. The average molecular weight is 550 g/mol. The third kappa shape index (κ3) is 7.70. The molecule has 0 fully saturated rings. The van der Waals surface area contributed by atoms with Gasteiger partial charge >= 0.3 is 0 Å². The molecular formula is C28H28Cl3FN2O2. The predicted molar refractivity (Wildman–Crippen MR) is 144 cm³/mol. The van der Waals surface area contributed by atoms with Gasteiger partial charge in [-0.3, -0.25) is 9.59 Å². The molecule has 3 aromatic carbocycles. The van der Waals surface area contributed by atoms with Crippen molar-refractivity contribution >= 4 is 46.6 Å². The van der Waals surface area contributed by atoms with Crippen molar-refractivity contribution in [1.82, 2.24) is 10.2 Å². The summed E-state index contributed by atoms with van der Waals surface area (Å²) in [5, 5.41) is 3.85. The highest BCUT2D eigenvalue weighted by Gasteiger charge is 2.33. The Bertz CT molecular complexity index is 1210. The van der Waals surface area contributed by atoms with Crippen LogP contribution in [0.4, 0.5) is 4.39 Å². The standard InChI is InChI=1S/C28H28Cl3FN2O2/c1-28(2,3)33-27(36)25(15-18-8-5-4-6-9-18)34(17-19-12-13-22(30)23(31)14-19)26(35)16-20-21(29)10-7-11-24(20)32/h4-14,25H,15-17H2,1-3H3,(H,33,36). The van der Waals surface area contributed by atoms with Gasteiger partial charge in [0.25, 0.3) is 0 Å². The lowest BCUT2D eigenvalue weighted by molar-refractivity contribution is -0.141. The Morgan fingerprint density at radius 3 is 2.19 bits per heavy atom. The zero-order valence-corrected chi connectivity index (χ0v) is 22.6. The SMILES string of the molecule is CC(C)(C)NC(=O)C(Cc1ccccc1)N(Cc1ccc(Cl)c(Cl)c1)C(=O)Cc1c(F)cccc1Cl. The number of nitrogens with one attached hydrogen (secondary N) is 1. The average Bonchev–Trinajstić information content (AvgIpc) is 2.80. The number of carbonyl (C=O) groups excluding carboxylic acids is 2. The number of hydrogen-bond acceptors (Lipinski definition) is 2. The first-order valence-electron chi connectivity index (χ1n) is 11.5. The first-order valence-corrected chi connectivity index (χ1v) is 12.6. The summed E-state index contributed by atoms with van der Waals surface area (Å²) >= 11 is 18.5. The summed E-state index contributed by atoms with van der Waals surface area (Å²) in [5.74, 6) is -1.35. The van der Waals surface area contributed by atoms with Crippen LogP contribution in [0.25, 0.3) is 0 Å². The van der Waals surface area contributed by atoms with E-state index in [0.29, 0.717) is 15.6 Å². The van der Waals surface area contributed by atoms with Gasteiger partial charge in [0, 0.05) is 29.1 Å². The smallest absolute Gasteiger partial charge is 0.243 e. The molecule has 1 atom stereocenters. The van der Waals surface area contributed by atoms with Gasteiger partial charge in [0.2, 0.25) is 11.8 Å². The van der Waals surface area contributed by atoms with E-state index in [9.17, 15) is 14.0 Å². The van der Waals surface area contributed by atoms with Crippen molar-refractivity contribution in [2.45, 2.75) is 51.7 Å². The zero-order valence-electron chi connectivity index (χ0n) is 20.3. The molecule has 0 bridgehead atoms. The van der Waals surface area contributed by atoms with Crippen molar-refractivity contribution < 1.29 is 14.0 Å². The molecule has 0 heterocycles. The van der Waals surface area contributed by atoms with E-state index in [1.807, 2.05) is 51.1 Å². The number of halogens is 4. The number of hydrogen-bond donors (Lipinski definition) is 1. The van der Waals surface area contributed by atoms with Crippen LogP contribution in [0.2, 0.25) is 15.1 Å². The maximum atomic E-state index is 14.6. The number of nitrogens with zero attached hydrogens (tertiary/aromatic N) is 1. The van der Waals surface area contributed by atoms with Crippen molar-refractivity contribution in [3.05, 3.63) is 104 Å². The monoisotopic (exact) mass is 548 g/mol. The summed E-state index contributed by atoms with van der Waals surface area (Å²) in [4.78, 5) is 28.7. The van der Waals surface area contributed by atoms with E-state index in [-0.39, 0.29) is 35.9 Å². The highest BCUT2D eigenvalue weighted by atomic mass is 35.5. The van der Waals surface area contributed by atoms with E-state index in [4.69, 9.17) is 34.8 Å². The van der Waals surface area contributed by atoms with E-state index < -0.39 is 23.3 Å². The molecule has 0 aliphatic carbocycles. The number of rotatable bonds is 8. The molecule has 1 unspecified atom stereocenters. The van der Waals surface area contributed by atoms with Crippen LogP contribution in [0, 0.1) is 5.82 Å². The fourth-order valence-electron chi connectivity index (χ4n) is 3.80. The Morgan fingerprint density at radius 2 is 1.58 bits per heavy atom. The largest absolute Gasteiger partial charge is 0.350 e. The maximum absolute atomic E-state index is 14.6. The quantitative estimate of drug-likeness (QED) is 0.333. The topological polar surface area (TPSA) is 49.4 Å². The lowest BCUT2D eigenvalue weighted by Crippen LogP contribution is -2.54.